The summed E-state index contributed by atoms with van der Waals surface area (Å²) in [5.41, 5.74) is 3.49. The molecule has 144 valence electrons. The maximum absolute atomic E-state index is 6.29. The number of fused-ring (bicyclic) bond motifs is 2. The molecule has 0 amide bonds. The zero-order chi connectivity index (χ0) is 20.0. The van der Waals surface area contributed by atoms with Gasteiger partial charge in [-0.2, -0.15) is 0 Å². The maximum Gasteiger partial charge on any atom is 0.231 e. The zero-order valence-corrected chi connectivity index (χ0v) is 16.9. The molecule has 0 spiro atoms. The Morgan fingerprint density at radius 2 is 1.69 bits per heavy atom. The van der Waals surface area contributed by atoms with Crippen molar-refractivity contribution in [1.82, 2.24) is 4.98 Å². The molecule has 0 N–H and O–H groups in total. The molecule has 0 saturated heterocycles. The molecule has 1 aliphatic heterocycles. The Bertz CT molecular complexity index is 1280. The lowest BCUT2D eigenvalue weighted by Crippen LogP contribution is -1.92. The minimum absolute atomic E-state index is 0.190. The molecule has 5 rings (SSSR count). The van der Waals surface area contributed by atoms with Gasteiger partial charge < -0.3 is 13.9 Å². The highest BCUT2D eigenvalue weighted by Gasteiger charge is 2.16. The predicted molar refractivity (Wildman–Crippen MR) is 114 cm³/mol. The first kappa shape index (κ1) is 18.3. The molecule has 0 saturated carbocycles. The number of hydrogen-bond acceptors (Lipinski definition) is 5. The molecule has 1 aliphatic rings. The van der Waals surface area contributed by atoms with Crippen molar-refractivity contribution in [3.05, 3.63) is 69.2 Å². The molecule has 0 atom stereocenters. The van der Waals surface area contributed by atoms with Gasteiger partial charge >= 0.3 is 0 Å². The van der Waals surface area contributed by atoms with E-state index in [1.165, 1.54) is 0 Å². The standard InChI is InChI=1S/C21H11Cl3N2O3/c22-14-3-1-11(5-16(14)24)21-26-17-4-2-13(7-18(17)29-21)25-9-12-6-19-20(8-15(12)23)28-10-27-19/h1-9H,10H2. The fourth-order valence-electron chi connectivity index (χ4n) is 2.92. The second-order valence-electron chi connectivity index (χ2n) is 6.29. The Kier molecular flexibility index (Phi) is 4.59. The minimum atomic E-state index is 0.190. The number of benzene rings is 3. The highest BCUT2D eigenvalue weighted by atomic mass is 35.5. The molecular weight excluding hydrogens is 435 g/mol. The lowest BCUT2D eigenvalue weighted by atomic mass is 10.2. The summed E-state index contributed by atoms with van der Waals surface area (Å²) in [7, 11) is 0. The second kappa shape index (κ2) is 7.26. The van der Waals surface area contributed by atoms with E-state index in [4.69, 9.17) is 48.7 Å². The molecule has 0 bridgehead atoms. The summed E-state index contributed by atoms with van der Waals surface area (Å²) in [6.45, 7) is 0.190. The SMILES string of the molecule is Clc1ccc(-c2nc3ccc(N=Cc4cc5c(cc4Cl)OCO5)cc3o2)cc1Cl. The van der Waals surface area contributed by atoms with E-state index >= 15 is 0 Å². The lowest BCUT2D eigenvalue weighted by molar-refractivity contribution is 0.174. The van der Waals surface area contributed by atoms with E-state index in [-0.39, 0.29) is 6.79 Å². The normalized spacial score (nSPS) is 12.9. The van der Waals surface area contributed by atoms with Gasteiger partial charge in [0.15, 0.2) is 17.1 Å². The first-order valence-electron chi connectivity index (χ1n) is 8.56. The van der Waals surface area contributed by atoms with Gasteiger partial charge in [-0.05, 0) is 36.4 Å². The van der Waals surface area contributed by atoms with Crippen LogP contribution in [0.2, 0.25) is 15.1 Å². The summed E-state index contributed by atoms with van der Waals surface area (Å²) in [5.74, 6) is 1.73. The van der Waals surface area contributed by atoms with E-state index in [1.807, 2.05) is 12.1 Å². The van der Waals surface area contributed by atoms with Gasteiger partial charge in [0, 0.05) is 29.5 Å². The highest BCUT2D eigenvalue weighted by molar-refractivity contribution is 6.42. The quantitative estimate of drug-likeness (QED) is 0.321. The topological polar surface area (TPSA) is 56.9 Å². The van der Waals surface area contributed by atoms with Crippen LogP contribution in [0.4, 0.5) is 5.69 Å². The van der Waals surface area contributed by atoms with Crippen molar-refractivity contribution in [2.75, 3.05) is 6.79 Å². The Hall–Kier alpha value is -2.73. The van der Waals surface area contributed by atoms with E-state index in [0.717, 1.165) is 11.1 Å². The molecular formula is C21H11Cl3N2O3. The number of aliphatic imine (C=N–C) groups is 1. The smallest absolute Gasteiger partial charge is 0.231 e. The van der Waals surface area contributed by atoms with Crippen LogP contribution in [0.5, 0.6) is 11.5 Å². The molecule has 0 fully saturated rings. The van der Waals surface area contributed by atoms with Gasteiger partial charge in [0.05, 0.1) is 20.8 Å². The third-order valence-electron chi connectivity index (χ3n) is 4.38. The van der Waals surface area contributed by atoms with Crippen molar-refractivity contribution in [3.8, 4) is 23.0 Å². The fraction of sp³-hybridized carbons (Fsp3) is 0.0476. The molecule has 29 heavy (non-hydrogen) atoms. The van der Waals surface area contributed by atoms with Gasteiger partial charge in [-0.15, -0.1) is 0 Å². The van der Waals surface area contributed by atoms with Crippen molar-refractivity contribution in [1.29, 1.82) is 0 Å². The Balaban J connectivity index is 1.46. The van der Waals surface area contributed by atoms with Crippen LogP contribution in [0, 0.1) is 0 Å². The van der Waals surface area contributed by atoms with E-state index in [9.17, 15) is 0 Å². The Labute approximate surface area is 180 Å². The van der Waals surface area contributed by atoms with Crippen LogP contribution in [-0.2, 0) is 0 Å². The van der Waals surface area contributed by atoms with Crippen molar-refractivity contribution in [3.63, 3.8) is 0 Å². The van der Waals surface area contributed by atoms with Crippen molar-refractivity contribution in [2.24, 2.45) is 4.99 Å². The monoisotopic (exact) mass is 444 g/mol. The maximum atomic E-state index is 6.29. The van der Waals surface area contributed by atoms with Gasteiger partial charge in [0.1, 0.15) is 5.52 Å². The third kappa shape index (κ3) is 3.53. The van der Waals surface area contributed by atoms with Gasteiger partial charge in [-0.3, -0.25) is 4.99 Å². The van der Waals surface area contributed by atoms with Crippen LogP contribution < -0.4 is 9.47 Å². The molecule has 0 unspecified atom stereocenters. The summed E-state index contributed by atoms with van der Waals surface area (Å²) in [6.07, 6.45) is 1.67. The summed E-state index contributed by atoms with van der Waals surface area (Å²) >= 11 is 18.3. The number of halogens is 3. The number of aromatic nitrogens is 1. The largest absolute Gasteiger partial charge is 0.454 e. The van der Waals surface area contributed by atoms with Crippen LogP contribution in [0.15, 0.2) is 57.9 Å². The Morgan fingerprint density at radius 3 is 2.52 bits per heavy atom. The molecule has 0 radical (unpaired) electrons. The highest BCUT2D eigenvalue weighted by Crippen LogP contribution is 2.36. The minimum Gasteiger partial charge on any atom is -0.454 e. The molecule has 3 aromatic carbocycles. The second-order valence-corrected chi connectivity index (χ2v) is 7.51. The molecule has 1 aromatic heterocycles. The molecule has 0 aliphatic carbocycles. The number of rotatable bonds is 3. The van der Waals surface area contributed by atoms with Crippen LogP contribution in [-0.4, -0.2) is 18.0 Å². The molecule has 2 heterocycles. The molecule has 4 aromatic rings. The van der Waals surface area contributed by atoms with E-state index in [1.54, 1.807) is 42.6 Å². The first-order valence-corrected chi connectivity index (χ1v) is 9.69. The van der Waals surface area contributed by atoms with Crippen molar-refractivity contribution < 1.29 is 13.9 Å². The zero-order valence-electron chi connectivity index (χ0n) is 14.7. The fourth-order valence-corrected chi connectivity index (χ4v) is 3.42. The van der Waals surface area contributed by atoms with Crippen LogP contribution in [0.25, 0.3) is 22.6 Å². The first-order chi connectivity index (χ1) is 14.1. The van der Waals surface area contributed by atoms with Crippen LogP contribution >= 0.6 is 34.8 Å². The van der Waals surface area contributed by atoms with Gasteiger partial charge in [-0.1, -0.05) is 34.8 Å². The predicted octanol–water partition coefficient (Wildman–Crippen LogP) is 6.93. The Morgan fingerprint density at radius 1 is 0.862 bits per heavy atom. The summed E-state index contributed by atoms with van der Waals surface area (Å²) in [5, 5.41) is 1.45. The number of hydrogen-bond donors (Lipinski definition) is 0. The number of ether oxygens (including phenoxy) is 2. The van der Waals surface area contributed by atoms with Crippen LogP contribution in [0.3, 0.4) is 0 Å². The lowest BCUT2D eigenvalue weighted by Gasteiger charge is -2.01. The summed E-state index contributed by atoms with van der Waals surface area (Å²) in [6, 6.07) is 14.2. The molecule has 5 nitrogen and oxygen atoms in total. The van der Waals surface area contributed by atoms with E-state index < -0.39 is 0 Å². The van der Waals surface area contributed by atoms with Gasteiger partial charge in [-0.25, -0.2) is 4.98 Å². The average molecular weight is 446 g/mol. The van der Waals surface area contributed by atoms with Gasteiger partial charge in [0.2, 0.25) is 12.7 Å². The van der Waals surface area contributed by atoms with Crippen molar-refractivity contribution in [2.45, 2.75) is 0 Å². The third-order valence-corrected chi connectivity index (χ3v) is 5.45. The number of oxazole rings is 1. The summed E-state index contributed by atoms with van der Waals surface area (Å²) < 4.78 is 16.6. The number of nitrogens with zero attached hydrogens (tertiary/aromatic N) is 2. The molecule has 8 heteroatoms. The average Bonchev–Trinajstić information content (AvgIpc) is 3.34. The van der Waals surface area contributed by atoms with Gasteiger partial charge in [0.25, 0.3) is 0 Å². The van der Waals surface area contributed by atoms with Crippen molar-refractivity contribution >= 4 is 57.8 Å². The van der Waals surface area contributed by atoms with E-state index in [2.05, 4.69) is 9.98 Å². The van der Waals surface area contributed by atoms with Crippen LogP contribution in [0.1, 0.15) is 5.56 Å². The summed E-state index contributed by atoms with van der Waals surface area (Å²) in [4.78, 5) is 8.98. The van der Waals surface area contributed by atoms with E-state index in [0.29, 0.717) is 49.2 Å².